The highest BCUT2D eigenvalue weighted by Crippen LogP contribution is 2.28. The zero-order chi connectivity index (χ0) is 13.8. The van der Waals surface area contributed by atoms with Gasteiger partial charge in [-0.25, -0.2) is 0 Å². The normalized spacial score (nSPS) is 16.5. The Labute approximate surface area is 112 Å². The average molecular weight is 261 g/mol. The van der Waals surface area contributed by atoms with Crippen LogP contribution in [0.3, 0.4) is 0 Å². The van der Waals surface area contributed by atoms with Crippen molar-refractivity contribution in [1.82, 2.24) is 5.32 Å². The van der Waals surface area contributed by atoms with Crippen LogP contribution in [-0.2, 0) is 9.59 Å². The Hall–Kier alpha value is -1.84. The van der Waals surface area contributed by atoms with E-state index in [-0.39, 0.29) is 18.2 Å². The summed E-state index contributed by atoms with van der Waals surface area (Å²) in [6.45, 7) is 1.98. The van der Waals surface area contributed by atoms with Crippen molar-refractivity contribution in [1.29, 1.82) is 0 Å². The number of hydrogen-bond donors (Lipinski definition) is 2. The van der Waals surface area contributed by atoms with Crippen molar-refractivity contribution >= 4 is 11.9 Å². The van der Waals surface area contributed by atoms with E-state index in [1.807, 2.05) is 31.2 Å². The molecule has 1 fully saturated rings. The van der Waals surface area contributed by atoms with E-state index in [1.165, 1.54) is 0 Å². The molecule has 0 spiro atoms. The molecule has 1 atom stereocenters. The summed E-state index contributed by atoms with van der Waals surface area (Å²) < 4.78 is 0. The molecule has 19 heavy (non-hydrogen) atoms. The van der Waals surface area contributed by atoms with Crippen LogP contribution in [0.25, 0.3) is 0 Å². The molecule has 0 saturated heterocycles. The smallest absolute Gasteiger partial charge is 0.305 e. The van der Waals surface area contributed by atoms with Crippen LogP contribution in [-0.4, -0.2) is 17.0 Å². The summed E-state index contributed by atoms with van der Waals surface area (Å²) in [5.41, 5.74) is 1.96. The Morgan fingerprint density at radius 1 is 1.32 bits per heavy atom. The van der Waals surface area contributed by atoms with Crippen LogP contribution in [0.4, 0.5) is 0 Å². The second-order valence-corrected chi connectivity index (χ2v) is 5.20. The molecule has 1 aliphatic carbocycles. The number of carbonyl (C=O) groups excluding carboxylic acids is 1. The van der Waals surface area contributed by atoms with Gasteiger partial charge in [-0.2, -0.15) is 0 Å². The third kappa shape index (κ3) is 3.56. The lowest BCUT2D eigenvalue weighted by Crippen LogP contribution is -2.37. The van der Waals surface area contributed by atoms with Crippen molar-refractivity contribution in [3.8, 4) is 0 Å². The highest BCUT2D eigenvalue weighted by molar-refractivity contribution is 5.80. The number of carboxylic acids is 1. The Bertz CT molecular complexity index is 463. The first-order chi connectivity index (χ1) is 9.06. The first kappa shape index (κ1) is 13.6. The molecular formula is C15H19NO3. The van der Waals surface area contributed by atoms with Crippen LogP contribution in [0, 0.1) is 12.8 Å². The van der Waals surface area contributed by atoms with Crippen molar-refractivity contribution < 1.29 is 14.7 Å². The number of nitrogens with one attached hydrogen (secondary N) is 1. The Morgan fingerprint density at radius 2 is 1.95 bits per heavy atom. The molecule has 2 rings (SSSR count). The molecule has 1 saturated carbocycles. The largest absolute Gasteiger partial charge is 0.481 e. The number of aryl methyl sites for hydroxylation is 1. The van der Waals surface area contributed by atoms with E-state index in [4.69, 9.17) is 5.11 Å². The zero-order valence-electron chi connectivity index (χ0n) is 11.1. The molecular weight excluding hydrogens is 242 g/mol. The van der Waals surface area contributed by atoms with E-state index in [9.17, 15) is 9.59 Å². The molecule has 1 aromatic carbocycles. The number of aliphatic carboxylic acids is 1. The maximum Gasteiger partial charge on any atom is 0.305 e. The molecule has 2 N–H and O–H groups in total. The minimum absolute atomic E-state index is 0.0157. The minimum atomic E-state index is -0.903. The van der Waals surface area contributed by atoms with E-state index < -0.39 is 12.0 Å². The fourth-order valence-corrected chi connectivity index (χ4v) is 2.19. The summed E-state index contributed by atoms with van der Waals surface area (Å²) in [6.07, 6.45) is 2.84. The van der Waals surface area contributed by atoms with Gasteiger partial charge in [0.2, 0.25) is 5.91 Å². The van der Waals surface area contributed by atoms with Crippen molar-refractivity contribution in [2.45, 2.75) is 38.6 Å². The standard InChI is InChI=1S/C15H19NO3/c1-10-5-7-11(8-6-10)13(9-14(17)18)16-15(19)12-3-2-4-12/h5-8,12-13H,2-4,9H2,1H3,(H,16,19)(H,17,18). The Kier molecular flexibility index (Phi) is 4.20. The number of rotatable bonds is 5. The van der Waals surface area contributed by atoms with Gasteiger partial charge in [0.1, 0.15) is 0 Å². The summed E-state index contributed by atoms with van der Waals surface area (Å²) in [6, 6.07) is 7.18. The highest BCUT2D eigenvalue weighted by Gasteiger charge is 2.28. The van der Waals surface area contributed by atoms with Gasteiger partial charge < -0.3 is 10.4 Å². The summed E-state index contributed by atoms with van der Waals surface area (Å²) >= 11 is 0. The molecule has 0 aromatic heterocycles. The van der Waals surface area contributed by atoms with E-state index in [0.29, 0.717) is 0 Å². The molecule has 0 heterocycles. The quantitative estimate of drug-likeness (QED) is 0.855. The lowest BCUT2D eigenvalue weighted by atomic mass is 9.84. The molecule has 102 valence electrons. The maximum atomic E-state index is 12.0. The van der Waals surface area contributed by atoms with E-state index in [2.05, 4.69) is 5.32 Å². The van der Waals surface area contributed by atoms with Gasteiger partial charge in [-0.05, 0) is 25.3 Å². The van der Waals surface area contributed by atoms with Crippen LogP contribution in [0.5, 0.6) is 0 Å². The van der Waals surface area contributed by atoms with E-state index >= 15 is 0 Å². The number of benzene rings is 1. The molecule has 4 heteroatoms. The molecule has 1 amide bonds. The van der Waals surface area contributed by atoms with Gasteiger partial charge in [-0.15, -0.1) is 0 Å². The van der Waals surface area contributed by atoms with Gasteiger partial charge in [-0.3, -0.25) is 9.59 Å². The fourth-order valence-electron chi connectivity index (χ4n) is 2.19. The summed E-state index contributed by atoms with van der Waals surface area (Å²) in [7, 11) is 0. The number of carbonyl (C=O) groups is 2. The molecule has 1 unspecified atom stereocenters. The second-order valence-electron chi connectivity index (χ2n) is 5.20. The molecule has 4 nitrogen and oxygen atoms in total. The third-order valence-electron chi connectivity index (χ3n) is 3.65. The molecule has 1 aliphatic rings. The van der Waals surface area contributed by atoms with Crippen LogP contribution in [0.1, 0.15) is 42.9 Å². The lowest BCUT2D eigenvalue weighted by molar-refractivity contribution is -0.138. The van der Waals surface area contributed by atoms with Gasteiger partial charge in [-0.1, -0.05) is 36.2 Å². The van der Waals surface area contributed by atoms with Gasteiger partial charge >= 0.3 is 5.97 Å². The average Bonchev–Trinajstić information content (AvgIpc) is 2.26. The maximum absolute atomic E-state index is 12.0. The molecule has 0 bridgehead atoms. The van der Waals surface area contributed by atoms with Gasteiger partial charge in [0.05, 0.1) is 12.5 Å². The first-order valence-electron chi connectivity index (χ1n) is 6.65. The van der Waals surface area contributed by atoms with Crippen LogP contribution < -0.4 is 5.32 Å². The van der Waals surface area contributed by atoms with Crippen molar-refractivity contribution in [3.05, 3.63) is 35.4 Å². The zero-order valence-corrected chi connectivity index (χ0v) is 11.1. The number of amides is 1. The van der Waals surface area contributed by atoms with E-state index in [0.717, 1.165) is 30.4 Å². The summed E-state index contributed by atoms with van der Waals surface area (Å²) in [5, 5.41) is 11.8. The predicted molar refractivity (Wildman–Crippen MR) is 71.7 cm³/mol. The number of hydrogen-bond acceptors (Lipinski definition) is 2. The molecule has 0 aliphatic heterocycles. The van der Waals surface area contributed by atoms with Gasteiger partial charge in [0, 0.05) is 5.92 Å². The van der Waals surface area contributed by atoms with Crippen molar-refractivity contribution in [3.63, 3.8) is 0 Å². The predicted octanol–water partition coefficient (Wildman–Crippen LogP) is 2.43. The SMILES string of the molecule is Cc1ccc(C(CC(=O)O)NC(=O)C2CCC2)cc1. The second kappa shape index (κ2) is 5.87. The lowest BCUT2D eigenvalue weighted by Gasteiger charge is -2.27. The van der Waals surface area contributed by atoms with Crippen LogP contribution in [0.15, 0.2) is 24.3 Å². The Morgan fingerprint density at radius 3 is 2.42 bits per heavy atom. The third-order valence-corrected chi connectivity index (χ3v) is 3.65. The summed E-state index contributed by atoms with van der Waals surface area (Å²) in [4.78, 5) is 22.9. The minimum Gasteiger partial charge on any atom is -0.481 e. The topological polar surface area (TPSA) is 66.4 Å². The summed E-state index contributed by atoms with van der Waals surface area (Å²) in [5.74, 6) is -0.848. The highest BCUT2D eigenvalue weighted by atomic mass is 16.4. The van der Waals surface area contributed by atoms with Gasteiger partial charge in [0.25, 0.3) is 0 Å². The van der Waals surface area contributed by atoms with Crippen molar-refractivity contribution in [2.24, 2.45) is 5.92 Å². The monoisotopic (exact) mass is 261 g/mol. The molecule has 1 aromatic rings. The van der Waals surface area contributed by atoms with Crippen molar-refractivity contribution in [2.75, 3.05) is 0 Å². The number of carboxylic acid groups (broad SMARTS) is 1. The Balaban J connectivity index is 2.08. The fraction of sp³-hybridized carbons (Fsp3) is 0.467. The first-order valence-corrected chi connectivity index (χ1v) is 6.65. The van der Waals surface area contributed by atoms with Gasteiger partial charge in [0.15, 0.2) is 0 Å². The van der Waals surface area contributed by atoms with Crippen LogP contribution >= 0.6 is 0 Å². The van der Waals surface area contributed by atoms with E-state index in [1.54, 1.807) is 0 Å². The molecule has 0 radical (unpaired) electrons. The van der Waals surface area contributed by atoms with Crippen LogP contribution in [0.2, 0.25) is 0 Å².